The first-order valence-electron chi connectivity index (χ1n) is 8.45. The van der Waals surface area contributed by atoms with Gasteiger partial charge < -0.3 is 10.2 Å². The smallest absolute Gasteiger partial charge is 0.871 e. The summed E-state index contributed by atoms with van der Waals surface area (Å²) in [6.07, 6.45) is 0. The van der Waals surface area contributed by atoms with Crippen LogP contribution in [0.2, 0.25) is 0 Å². The fraction of sp³-hybridized carbons (Fsp3) is 0.182. The fourth-order valence-electron chi connectivity index (χ4n) is 3.11. The van der Waals surface area contributed by atoms with Crippen LogP contribution in [-0.4, -0.2) is 9.97 Å². The second-order valence-electron chi connectivity index (χ2n) is 6.47. The fourth-order valence-corrected chi connectivity index (χ4v) is 3.11. The molecule has 0 N–H and O–H groups in total. The Kier molecular flexibility index (Phi) is 6.51. The number of hydrogen-bond donors (Lipinski definition) is 0. The van der Waals surface area contributed by atoms with Gasteiger partial charge in [0.2, 0.25) is 0 Å². The van der Waals surface area contributed by atoms with Crippen molar-refractivity contribution >= 4 is 21.8 Å². The van der Waals surface area contributed by atoms with Gasteiger partial charge in [-0.15, -0.1) is 0 Å². The van der Waals surface area contributed by atoms with Crippen molar-refractivity contribution < 1.29 is 29.7 Å². The summed E-state index contributed by atoms with van der Waals surface area (Å²) in [7, 11) is 0. The molecule has 0 aliphatic carbocycles. The van der Waals surface area contributed by atoms with Gasteiger partial charge in [0.15, 0.2) is 0 Å². The van der Waals surface area contributed by atoms with Crippen LogP contribution in [0.25, 0.3) is 21.8 Å². The second kappa shape index (κ2) is 8.45. The van der Waals surface area contributed by atoms with E-state index in [2.05, 4.69) is 9.97 Å². The average Bonchev–Trinajstić information content (AvgIpc) is 2.57. The van der Waals surface area contributed by atoms with Crippen LogP contribution in [-0.2, 0) is 19.5 Å². The van der Waals surface area contributed by atoms with E-state index in [-0.39, 0.29) is 31.0 Å². The number of benzene rings is 2. The van der Waals surface area contributed by atoms with Crippen molar-refractivity contribution in [3.05, 3.63) is 71.0 Å². The normalized spacial score (nSPS) is 10.2. The number of para-hydroxylation sites is 2. The van der Waals surface area contributed by atoms with Crippen molar-refractivity contribution in [2.75, 3.05) is 0 Å². The van der Waals surface area contributed by atoms with Crippen LogP contribution in [0, 0.1) is 27.7 Å². The summed E-state index contributed by atoms with van der Waals surface area (Å²) in [5.41, 5.74) is 5.18. The second-order valence-corrected chi connectivity index (χ2v) is 6.47. The van der Waals surface area contributed by atoms with Crippen LogP contribution >= 0.6 is 0 Å². The zero-order valence-electron chi connectivity index (χ0n) is 16.0. The van der Waals surface area contributed by atoms with Crippen molar-refractivity contribution in [1.82, 2.24) is 9.97 Å². The molecule has 0 amide bonds. The molecule has 2 aromatic heterocycles. The van der Waals surface area contributed by atoms with Gasteiger partial charge in [0, 0.05) is 22.2 Å². The van der Waals surface area contributed by atoms with Gasteiger partial charge in [-0.2, -0.15) is 0 Å². The zero-order chi connectivity index (χ0) is 18.8. The Hall–Kier alpha value is -2.52. The maximum absolute atomic E-state index is 11.4. The van der Waals surface area contributed by atoms with Crippen LogP contribution < -0.4 is 10.2 Å². The third kappa shape index (κ3) is 4.43. The van der Waals surface area contributed by atoms with Crippen molar-refractivity contribution in [3.63, 3.8) is 0 Å². The van der Waals surface area contributed by atoms with E-state index in [1.54, 1.807) is 24.3 Å². The summed E-state index contributed by atoms with van der Waals surface area (Å²) in [5.74, 6) is 0.00796. The summed E-state index contributed by atoms with van der Waals surface area (Å²) < 4.78 is 0. The number of hydrogen-bond acceptors (Lipinski definition) is 4. The molecule has 0 unspecified atom stereocenters. The molecular formula is C22H20N2O2Zn. The molecule has 0 fully saturated rings. The van der Waals surface area contributed by atoms with Crippen LogP contribution in [0.15, 0.2) is 48.5 Å². The standard InChI is InChI=1S/2C11H11NO.Zn/c2*1-7-6-8(2)12-11-9(7)4-3-5-10(11)13;/h2*3-6,13H,1-2H3;/q;;+2/p-2. The summed E-state index contributed by atoms with van der Waals surface area (Å²) >= 11 is 0. The first kappa shape index (κ1) is 20.8. The van der Waals surface area contributed by atoms with Crippen LogP contribution in [0.4, 0.5) is 0 Å². The minimum Gasteiger partial charge on any atom is -0.871 e. The summed E-state index contributed by atoms with van der Waals surface area (Å²) in [6, 6.07) is 14.5. The zero-order valence-corrected chi connectivity index (χ0v) is 19.0. The summed E-state index contributed by atoms with van der Waals surface area (Å²) in [6.45, 7) is 7.80. The maximum Gasteiger partial charge on any atom is 2.00 e. The van der Waals surface area contributed by atoms with Gasteiger partial charge in [-0.3, -0.25) is 9.97 Å². The van der Waals surface area contributed by atoms with E-state index in [4.69, 9.17) is 0 Å². The molecule has 0 radical (unpaired) electrons. The number of aromatic nitrogens is 2. The van der Waals surface area contributed by atoms with Crippen molar-refractivity contribution in [2.24, 2.45) is 0 Å². The number of pyridine rings is 2. The predicted molar refractivity (Wildman–Crippen MR) is 101 cm³/mol. The first-order chi connectivity index (χ1) is 12.4. The van der Waals surface area contributed by atoms with E-state index in [9.17, 15) is 10.2 Å². The molecule has 0 spiro atoms. The van der Waals surface area contributed by atoms with Gasteiger partial charge >= 0.3 is 19.5 Å². The molecule has 2 heterocycles. The third-order valence-corrected chi connectivity index (χ3v) is 4.27. The van der Waals surface area contributed by atoms with Crippen molar-refractivity contribution in [3.8, 4) is 11.5 Å². The van der Waals surface area contributed by atoms with E-state index in [0.29, 0.717) is 11.0 Å². The van der Waals surface area contributed by atoms with E-state index >= 15 is 0 Å². The van der Waals surface area contributed by atoms with E-state index in [1.807, 2.05) is 52.0 Å². The number of fused-ring (bicyclic) bond motifs is 2. The van der Waals surface area contributed by atoms with Crippen LogP contribution in [0.3, 0.4) is 0 Å². The molecular weight excluding hydrogens is 390 g/mol. The van der Waals surface area contributed by atoms with Gasteiger partial charge in [0.1, 0.15) is 0 Å². The summed E-state index contributed by atoms with van der Waals surface area (Å²) in [5, 5.41) is 24.8. The Morgan fingerprint density at radius 2 is 1.00 bits per heavy atom. The molecule has 0 aliphatic heterocycles. The van der Waals surface area contributed by atoms with E-state index < -0.39 is 0 Å². The third-order valence-electron chi connectivity index (χ3n) is 4.27. The molecule has 0 aliphatic rings. The molecule has 27 heavy (non-hydrogen) atoms. The molecule has 0 saturated carbocycles. The first-order valence-corrected chi connectivity index (χ1v) is 8.45. The predicted octanol–water partition coefficient (Wildman–Crippen LogP) is 3.85. The molecule has 0 saturated heterocycles. The molecule has 0 bridgehead atoms. The topological polar surface area (TPSA) is 71.9 Å². The maximum atomic E-state index is 11.4. The van der Waals surface area contributed by atoms with Gasteiger partial charge in [-0.1, -0.05) is 47.9 Å². The number of rotatable bonds is 0. The molecule has 2 aromatic carbocycles. The monoisotopic (exact) mass is 408 g/mol. The van der Waals surface area contributed by atoms with Gasteiger partial charge in [-0.25, -0.2) is 0 Å². The minimum absolute atomic E-state index is 0. The molecule has 4 aromatic rings. The minimum atomic E-state index is 0. The Balaban J connectivity index is 0.000000187. The Labute approximate surface area is 171 Å². The SMILES string of the molecule is Cc1cc(C)c2cccc([O-])c2n1.Cc1cc(C)c2cccc([O-])c2n1.[Zn+2]. The van der Waals surface area contributed by atoms with Gasteiger partial charge in [0.25, 0.3) is 0 Å². The quantitative estimate of drug-likeness (QED) is 0.413. The summed E-state index contributed by atoms with van der Waals surface area (Å²) in [4.78, 5) is 8.45. The average molecular weight is 410 g/mol. The van der Waals surface area contributed by atoms with Crippen LogP contribution in [0.5, 0.6) is 11.5 Å². The molecule has 4 rings (SSSR count). The molecule has 0 atom stereocenters. The molecule has 5 heteroatoms. The van der Waals surface area contributed by atoms with Crippen molar-refractivity contribution in [1.29, 1.82) is 0 Å². The number of aryl methyl sites for hydroxylation is 4. The Bertz CT molecular complexity index is 1020. The Morgan fingerprint density at radius 3 is 1.37 bits per heavy atom. The molecule has 132 valence electrons. The molecule has 4 nitrogen and oxygen atoms in total. The largest absolute Gasteiger partial charge is 2.00 e. The van der Waals surface area contributed by atoms with Crippen LogP contribution in [0.1, 0.15) is 22.5 Å². The van der Waals surface area contributed by atoms with Gasteiger partial charge in [-0.05, 0) is 51.0 Å². The van der Waals surface area contributed by atoms with E-state index in [0.717, 1.165) is 33.3 Å². The van der Waals surface area contributed by atoms with Crippen molar-refractivity contribution in [2.45, 2.75) is 27.7 Å². The number of nitrogens with zero attached hydrogens (tertiary/aromatic N) is 2. The Morgan fingerprint density at radius 1 is 0.630 bits per heavy atom. The van der Waals surface area contributed by atoms with Gasteiger partial charge in [0.05, 0.1) is 11.0 Å². The van der Waals surface area contributed by atoms with E-state index in [1.165, 1.54) is 0 Å².